The fourth-order valence-corrected chi connectivity index (χ4v) is 7.19. The summed E-state index contributed by atoms with van der Waals surface area (Å²) in [5, 5.41) is 59.0. The molecule has 0 atom stereocenters. The van der Waals surface area contributed by atoms with Gasteiger partial charge in [-0.1, -0.05) is 23.2 Å². The molecule has 4 saturated heterocycles. The van der Waals surface area contributed by atoms with Crippen molar-refractivity contribution in [2.24, 2.45) is 11.3 Å². The molecule has 0 aromatic heterocycles. The minimum Gasteiger partial charge on any atom is -0.508 e. The Hall–Kier alpha value is -4.10. The van der Waals surface area contributed by atoms with E-state index in [1.807, 2.05) is 41.5 Å². The highest BCUT2D eigenvalue weighted by molar-refractivity contribution is 6.42. The van der Waals surface area contributed by atoms with Crippen molar-refractivity contribution < 1.29 is 39.5 Å². The summed E-state index contributed by atoms with van der Waals surface area (Å²) in [6.07, 6.45) is 4.75. The number of phenols is 1. The average Bonchev–Trinajstić information content (AvgIpc) is 3.25. The third-order valence-corrected chi connectivity index (χ3v) is 11.9. The third-order valence-electron chi connectivity index (χ3n) is 11.1. The van der Waals surface area contributed by atoms with Crippen LogP contribution in [-0.2, 0) is 16.0 Å². The predicted octanol–water partition coefficient (Wildman–Crippen LogP) is 6.64. The summed E-state index contributed by atoms with van der Waals surface area (Å²) in [5.41, 5.74) is -1.99. The largest absolute Gasteiger partial charge is 0.508 e. The standard InChI is InChI=1S/C14H16Cl2N2O2.C12H20N2O3.C11H18N2O2.C7H12N2O/c15-11-5-10(13(20)6-12(11)16)7-18-3-1-14(8-17,9-19)2-4-18;1-11(2,3)17-10(16)14-7-5-12(9-15,13-4)6-8-14;1-11(2,3)15-10(14)13-6-4-9(8-12)5-7-13;1-8-7(6-10)2-4-9-5-3-7/h5-6,19-20H,1-4,7,9H2;15H,5-9H2,1-3H3;9H,4-7H2,1-3H3;9-10H,2-6H2. The molecule has 62 heavy (non-hydrogen) atoms. The number of ether oxygens (including phenoxy) is 2. The molecule has 4 aliphatic heterocycles. The Morgan fingerprint density at radius 1 is 0.774 bits per heavy atom. The molecule has 1 aromatic rings. The number of likely N-dealkylation sites (tertiary alicyclic amines) is 3. The number of aliphatic hydroxyl groups excluding tert-OH is 3. The lowest BCUT2D eigenvalue weighted by molar-refractivity contribution is 0.0155. The highest BCUT2D eigenvalue weighted by atomic mass is 35.5. The SMILES string of the molecule is CC(C)(C)OC(=O)N1CCC(C#N)CC1.N#CC1(CO)CCN(Cc2cc(Cl)c(Cl)cc2O)CC1.[C-]#[N+]C1(CO)CCN(C(=O)OC(C)(C)C)CC1.[C-]#[N+]C1(CO)CCNCC1. The monoisotopic (exact) mass is 904 g/mol. The van der Waals surface area contributed by atoms with Crippen molar-refractivity contribution in [1.29, 1.82) is 10.5 Å². The number of amides is 2. The van der Waals surface area contributed by atoms with Crippen molar-refractivity contribution in [2.45, 2.75) is 122 Å². The summed E-state index contributed by atoms with van der Waals surface area (Å²) in [4.78, 5) is 35.7. The first-order chi connectivity index (χ1) is 29.1. The second-order valence-electron chi connectivity index (χ2n) is 18.3. The minimum atomic E-state index is -0.696. The molecule has 0 spiro atoms. The molecule has 0 aliphatic carbocycles. The maximum atomic E-state index is 11.8. The van der Waals surface area contributed by atoms with Crippen molar-refractivity contribution in [3.8, 4) is 17.9 Å². The summed E-state index contributed by atoms with van der Waals surface area (Å²) in [6, 6.07) is 7.55. The van der Waals surface area contributed by atoms with Crippen molar-refractivity contribution in [2.75, 3.05) is 72.2 Å². The van der Waals surface area contributed by atoms with Crippen LogP contribution in [0.3, 0.4) is 0 Å². The topological polar surface area (TPSA) is 212 Å². The van der Waals surface area contributed by atoms with Gasteiger partial charge >= 0.3 is 12.2 Å². The third kappa shape index (κ3) is 17.6. The van der Waals surface area contributed by atoms with E-state index in [9.17, 15) is 24.9 Å². The van der Waals surface area contributed by atoms with Crippen LogP contribution in [-0.4, -0.2) is 142 Å². The highest BCUT2D eigenvalue weighted by Crippen LogP contribution is 2.34. The second-order valence-corrected chi connectivity index (χ2v) is 19.1. The van der Waals surface area contributed by atoms with Crippen molar-refractivity contribution in [3.05, 3.63) is 50.6 Å². The number of nitrogens with zero attached hydrogens (tertiary/aromatic N) is 7. The lowest BCUT2D eigenvalue weighted by atomic mass is 9.80. The quantitative estimate of drug-likeness (QED) is 0.197. The molecule has 1 aromatic carbocycles. The first-order valence-corrected chi connectivity index (χ1v) is 21.8. The van der Waals surface area contributed by atoms with Crippen LogP contribution in [0, 0.1) is 47.1 Å². The second kappa shape index (κ2) is 24.7. The smallest absolute Gasteiger partial charge is 0.410 e. The van der Waals surface area contributed by atoms with Crippen LogP contribution in [0.4, 0.5) is 9.59 Å². The Kier molecular flexibility index (Phi) is 21.5. The molecule has 2 amide bonds. The molecule has 344 valence electrons. The van der Waals surface area contributed by atoms with Crippen molar-refractivity contribution in [1.82, 2.24) is 20.0 Å². The molecule has 18 heteroatoms. The number of halogens is 2. The zero-order valence-corrected chi connectivity index (χ0v) is 38.7. The first-order valence-electron chi connectivity index (χ1n) is 21.0. The van der Waals surface area contributed by atoms with Gasteiger partial charge in [-0.15, -0.1) is 0 Å². The zero-order chi connectivity index (χ0) is 46.8. The predicted molar refractivity (Wildman–Crippen MR) is 236 cm³/mol. The summed E-state index contributed by atoms with van der Waals surface area (Å²) < 4.78 is 10.5. The summed E-state index contributed by atoms with van der Waals surface area (Å²) in [6.45, 7) is 30.7. The van der Waals surface area contributed by atoms with Crippen LogP contribution >= 0.6 is 23.2 Å². The van der Waals surface area contributed by atoms with Gasteiger partial charge in [0.05, 0.1) is 34.2 Å². The molecule has 0 radical (unpaired) electrons. The Labute approximate surface area is 377 Å². The molecule has 5 N–H and O–H groups in total. The Morgan fingerprint density at radius 3 is 1.61 bits per heavy atom. The molecule has 0 bridgehead atoms. The van der Waals surface area contributed by atoms with Gasteiger partial charge in [0, 0.05) is 102 Å². The van der Waals surface area contributed by atoms with E-state index in [2.05, 4.69) is 32.0 Å². The van der Waals surface area contributed by atoms with E-state index in [0.717, 1.165) is 38.8 Å². The number of carbonyl (C=O) groups excluding carboxylic acids is 2. The number of nitrogens with one attached hydrogen (secondary N) is 1. The number of hydrogen-bond donors (Lipinski definition) is 5. The Morgan fingerprint density at radius 2 is 1.23 bits per heavy atom. The molecule has 4 aliphatic rings. The van der Waals surface area contributed by atoms with Crippen LogP contribution in [0.5, 0.6) is 5.75 Å². The van der Waals surface area contributed by atoms with E-state index >= 15 is 0 Å². The van der Waals surface area contributed by atoms with E-state index in [1.54, 1.807) is 15.9 Å². The van der Waals surface area contributed by atoms with Crippen LogP contribution in [0.25, 0.3) is 9.69 Å². The van der Waals surface area contributed by atoms with Gasteiger partial charge in [0.1, 0.15) is 30.2 Å². The number of aliphatic hydroxyl groups is 3. The number of hydrogen-bond acceptors (Lipinski definition) is 12. The number of piperidine rings is 4. The molecule has 0 saturated carbocycles. The number of benzene rings is 1. The van der Waals surface area contributed by atoms with Crippen molar-refractivity contribution >= 4 is 35.4 Å². The maximum absolute atomic E-state index is 11.8. The lowest BCUT2D eigenvalue weighted by Crippen LogP contribution is -2.48. The van der Waals surface area contributed by atoms with E-state index in [1.165, 1.54) is 6.07 Å². The van der Waals surface area contributed by atoms with Gasteiger partial charge in [-0.2, -0.15) is 10.5 Å². The van der Waals surface area contributed by atoms with Crippen LogP contribution in [0.2, 0.25) is 10.0 Å². The van der Waals surface area contributed by atoms with Gasteiger partial charge in [-0.05, 0) is 73.3 Å². The normalized spacial score (nSPS) is 19.7. The van der Waals surface area contributed by atoms with Gasteiger partial charge in [0.25, 0.3) is 11.1 Å². The highest BCUT2D eigenvalue weighted by Gasteiger charge is 2.42. The first kappa shape index (κ1) is 54.0. The average molecular weight is 906 g/mol. The number of phenolic OH excluding ortho intramolecular Hbond substituents is 1. The van der Waals surface area contributed by atoms with Gasteiger partial charge in [0.15, 0.2) is 0 Å². The van der Waals surface area contributed by atoms with Crippen LogP contribution in [0.15, 0.2) is 12.1 Å². The Balaban J connectivity index is 0.000000292. The summed E-state index contributed by atoms with van der Waals surface area (Å²) >= 11 is 11.8. The molecular formula is C44H66Cl2N8O8. The fraction of sp³-hybridized carbons (Fsp3) is 0.727. The van der Waals surface area contributed by atoms with Gasteiger partial charge in [-0.25, -0.2) is 22.7 Å². The molecular weight excluding hydrogens is 839 g/mol. The van der Waals surface area contributed by atoms with E-state index in [-0.39, 0.29) is 43.7 Å². The number of carbonyl (C=O) groups is 2. The Bertz CT molecular complexity index is 1760. The zero-order valence-electron chi connectivity index (χ0n) is 37.2. The minimum absolute atomic E-state index is 0.0121. The molecule has 5 rings (SSSR count). The van der Waals surface area contributed by atoms with E-state index in [0.29, 0.717) is 87.1 Å². The van der Waals surface area contributed by atoms with Gasteiger partial charge in [-0.3, -0.25) is 4.90 Å². The molecule has 0 unspecified atom stereocenters. The molecule has 4 heterocycles. The lowest BCUT2D eigenvalue weighted by Gasteiger charge is -2.36. The van der Waals surface area contributed by atoms with E-state index in [4.69, 9.17) is 61.5 Å². The van der Waals surface area contributed by atoms with E-state index < -0.39 is 27.7 Å². The summed E-state index contributed by atoms with van der Waals surface area (Å²) in [7, 11) is 0. The number of nitriles is 2. The van der Waals surface area contributed by atoms with Crippen LogP contribution in [0.1, 0.15) is 98.5 Å². The summed E-state index contributed by atoms with van der Waals surface area (Å²) in [5.74, 6) is 0.224. The number of aromatic hydroxyl groups is 1. The van der Waals surface area contributed by atoms with Crippen molar-refractivity contribution in [3.63, 3.8) is 0 Å². The van der Waals surface area contributed by atoms with Gasteiger partial charge in [0.2, 0.25) is 0 Å². The molecule has 4 fully saturated rings. The maximum Gasteiger partial charge on any atom is 0.410 e. The van der Waals surface area contributed by atoms with Crippen LogP contribution < -0.4 is 5.32 Å². The number of rotatable bonds is 5. The van der Waals surface area contributed by atoms with Gasteiger partial charge < -0.3 is 54.7 Å². The molecule has 16 nitrogen and oxygen atoms in total. The fourth-order valence-electron chi connectivity index (χ4n) is 6.84.